The van der Waals surface area contributed by atoms with Crippen LogP contribution in [-0.4, -0.2) is 22.2 Å². The molecule has 126 valence electrons. The van der Waals surface area contributed by atoms with Gasteiger partial charge >= 0.3 is 0 Å². The fourth-order valence-electron chi connectivity index (χ4n) is 2.74. The van der Waals surface area contributed by atoms with E-state index in [4.69, 9.17) is 0 Å². The molecule has 0 aliphatic carbocycles. The van der Waals surface area contributed by atoms with Crippen molar-refractivity contribution in [2.45, 2.75) is 13.3 Å². The maximum absolute atomic E-state index is 12.5. The fourth-order valence-corrected chi connectivity index (χ4v) is 4.55. The van der Waals surface area contributed by atoms with Gasteiger partial charge in [0.1, 0.15) is 4.83 Å². The number of hydrogen-bond acceptors (Lipinski definition) is 4. The molecule has 0 saturated heterocycles. The van der Waals surface area contributed by atoms with E-state index in [1.165, 1.54) is 16.2 Å². The minimum Gasteiger partial charge on any atom is -0.351 e. The van der Waals surface area contributed by atoms with Crippen molar-refractivity contribution in [3.63, 3.8) is 0 Å². The number of amides is 1. The van der Waals surface area contributed by atoms with Gasteiger partial charge in [0.2, 0.25) is 0 Å². The van der Waals surface area contributed by atoms with E-state index in [-0.39, 0.29) is 5.91 Å². The average molecular weight is 367 g/mol. The summed E-state index contributed by atoms with van der Waals surface area (Å²) in [6, 6.07) is 16.1. The molecule has 0 bridgehead atoms. The predicted octanol–water partition coefficient (Wildman–Crippen LogP) is 4.43. The van der Waals surface area contributed by atoms with Crippen LogP contribution in [0.15, 0.2) is 53.9 Å². The zero-order valence-electron chi connectivity index (χ0n) is 13.7. The van der Waals surface area contributed by atoms with Crippen LogP contribution in [0.2, 0.25) is 0 Å². The largest absolute Gasteiger partial charge is 0.351 e. The number of rotatable bonds is 5. The number of aromatic nitrogens is 2. The lowest BCUT2D eigenvalue weighted by molar-refractivity contribution is 0.0958. The van der Waals surface area contributed by atoms with Crippen molar-refractivity contribution < 1.29 is 4.79 Å². The molecule has 0 radical (unpaired) electrons. The SMILES string of the molecule is Cc1nn(-c2ccccc2)c2sc(C(=O)NCCc3cccs3)cc12. The molecular weight excluding hydrogens is 350 g/mol. The molecular formula is C19H17N3OS2. The van der Waals surface area contributed by atoms with Crippen molar-refractivity contribution in [1.29, 1.82) is 0 Å². The first-order chi connectivity index (χ1) is 12.2. The zero-order chi connectivity index (χ0) is 17.2. The van der Waals surface area contributed by atoms with E-state index in [2.05, 4.69) is 21.9 Å². The van der Waals surface area contributed by atoms with E-state index in [0.717, 1.165) is 32.9 Å². The quantitative estimate of drug-likeness (QED) is 0.567. The van der Waals surface area contributed by atoms with Gasteiger partial charge in [-0.3, -0.25) is 4.79 Å². The van der Waals surface area contributed by atoms with Crippen LogP contribution in [0.4, 0.5) is 0 Å². The summed E-state index contributed by atoms with van der Waals surface area (Å²) in [7, 11) is 0. The third-order valence-corrected chi connectivity index (χ3v) is 6.05. The number of nitrogens with zero attached hydrogens (tertiary/aromatic N) is 2. The van der Waals surface area contributed by atoms with E-state index in [1.54, 1.807) is 11.3 Å². The first kappa shape index (κ1) is 16.1. The van der Waals surface area contributed by atoms with Gasteiger partial charge in [0, 0.05) is 16.8 Å². The number of benzene rings is 1. The molecule has 3 aromatic heterocycles. The van der Waals surface area contributed by atoms with Crippen LogP contribution in [-0.2, 0) is 6.42 Å². The molecule has 6 heteroatoms. The van der Waals surface area contributed by atoms with Crippen molar-refractivity contribution in [1.82, 2.24) is 15.1 Å². The van der Waals surface area contributed by atoms with Crippen molar-refractivity contribution in [3.05, 3.63) is 69.4 Å². The highest BCUT2D eigenvalue weighted by atomic mass is 32.1. The van der Waals surface area contributed by atoms with Gasteiger partial charge < -0.3 is 5.32 Å². The van der Waals surface area contributed by atoms with Gasteiger partial charge in [0.25, 0.3) is 5.91 Å². The van der Waals surface area contributed by atoms with Gasteiger partial charge in [0.05, 0.1) is 16.3 Å². The second-order valence-corrected chi connectivity index (χ2v) is 7.81. The number of carbonyl (C=O) groups excluding carboxylic acids is 1. The zero-order valence-corrected chi connectivity index (χ0v) is 15.4. The molecule has 1 aromatic carbocycles. The minimum atomic E-state index is -0.0169. The third-order valence-electron chi connectivity index (χ3n) is 4.01. The second-order valence-electron chi connectivity index (χ2n) is 5.75. The molecule has 0 aliphatic rings. The molecule has 4 nitrogen and oxygen atoms in total. The molecule has 25 heavy (non-hydrogen) atoms. The van der Waals surface area contributed by atoms with Crippen LogP contribution < -0.4 is 5.32 Å². The molecule has 0 atom stereocenters. The predicted molar refractivity (Wildman–Crippen MR) is 104 cm³/mol. The molecule has 4 rings (SSSR count). The van der Waals surface area contributed by atoms with Gasteiger partial charge in [-0.25, -0.2) is 4.68 Å². The summed E-state index contributed by atoms with van der Waals surface area (Å²) in [6.07, 6.45) is 0.866. The summed E-state index contributed by atoms with van der Waals surface area (Å²) in [4.78, 5) is 15.5. The molecule has 0 saturated carbocycles. The molecule has 4 aromatic rings. The highest BCUT2D eigenvalue weighted by Gasteiger charge is 2.16. The highest BCUT2D eigenvalue weighted by molar-refractivity contribution is 7.20. The van der Waals surface area contributed by atoms with Crippen molar-refractivity contribution in [2.24, 2.45) is 0 Å². The number of hydrogen-bond donors (Lipinski definition) is 1. The summed E-state index contributed by atoms with van der Waals surface area (Å²) in [5, 5.41) is 10.7. The summed E-state index contributed by atoms with van der Waals surface area (Å²) >= 11 is 3.20. The van der Waals surface area contributed by atoms with E-state index in [1.807, 2.05) is 54.1 Å². The Hall–Kier alpha value is -2.44. The number of fused-ring (bicyclic) bond motifs is 1. The highest BCUT2D eigenvalue weighted by Crippen LogP contribution is 2.30. The van der Waals surface area contributed by atoms with Crippen LogP contribution in [0.1, 0.15) is 20.2 Å². The molecule has 0 aliphatic heterocycles. The topological polar surface area (TPSA) is 46.9 Å². The molecule has 3 heterocycles. The normalized spacial score (nSPS) is 11.1. The Morgan fingerprint density at radius 1 is 1.20 bits per heavy atom. The van der Waals surface area contributed by atoms with Crippen LogP contribution in [0.3, 0.4) is 0 Å². The van der Waals surface area contributed by atoms with Gasteiger partial charge in [-0.15, -0.1) is 22.7 Å². The van der Waals surface area contributed by atoms with E-state index < -0.39 is 0 Å². The Balaban J connectivity index is 1.55. The lowest BCUT2D eigenvalue weighted by Gasteiger charge is -2.03. The van der Waals surface area contributed by atoms with Gasteiger partial charge in [0.15, 0.2) is 0 Å². The van der Waals surface area contributed by atoms with Gasteiger partial charge in [-0.05, 0) is 43.0 Å². The van der Waals surface area contributed by atoms with Crippen molar-refractivity contribution in [2.75, 3.05) is 6.54 Å². The summed E-state index contributed by atoms with van der Waals surface area (Å²) in [5.74, 6) is -0.0169. The van der Waals surface area contributed by atoms with Crippen molar-refractivity contribution >= 4 is 38.8 Å². The monoisotopic (exact) mass is 367 g/mol. The summed E-state index contributed by atoms with van der Waals surface area (Å²) in [5.41, 5.74) is 1.94. The molecule has 1 amide bonds. The van der Waals surface area contributed by atoms with Crippen LogP contribution in [0.5, 0.6) is 0 Å². The standard InChI is InChI=1S/C19H17N3OS2/c1-13-16-12-17(18(23)20-10-9-15-8-5-11-24-15)25-19(16)22(21-13)14-6-3-2-4-7-14/h2-8,11-12H,9-10H2,1H3,(H,20,23). The lowest BCUT2D eigenvalue weighted by atomic mass is 10.3. The molecule has 0 spiro atoms. The van der Waals surface area contributed by atoms with E-state index in [9.17, 15) is 4.79 Å². The maximum atomic E-state index is 12.5. The van der Waals surface area contributed by atoms with Gasteiger partial charge in [-0.2, -0.15) is 5.10 Å². The lowest BCUT2D eigenvalue weighted by Crippen LogP contribution is -2.24. The molecule has 0 unspecified atom stereocenters. The van der Waals surface area contributed by atoms with E-state index in [0.29, 0.717) is 6.54 Å². The van der Waals surface area contributed by atoms with Crippen LogP contribution in [0, 0.1) is 6.92 Å². The molecule has 0 fully saturated rings. The Labute approximate surface area is 153 Å². The molecule has 1 N–H and O–H groups in total. The number of nitrogens with one attached hydrogen (secondary N) is 1. The average Bonchev–Trinajstić information content (AvgIpc) is 3.34. The second kappa shape index (κ2) is 6.82. The maximum Gasteiger partial charge on any atom is 0.261 e. The van der Waals surface area contributed by atoms with Crippen LogP contribution in [0.25, 0.3) is 15.9 Å². The number of thiophene rings is 2. The van der Waals surface area contributed by atoms with E-state index >= 15 is 0 Å². The van der Waals surface area contributed by atoms with Crippen LogP contribution >= 0.6 is 22.7 Å². The number of carbonyl (C=O) groups is 1. The van der Waals surface area contributed by atoms with Crippen molar-refractivity contribution in [3.8, 4) is 5.69 Å². The summed E-state index contributed by atoms with van der Waals surface area (Å²) in [6.45, 7) is 2.63. The Kier molecular flexibility index (Phi) is 4.38. The Morgan fingerprint density at radius 3 is 2.80 bits per heavy atom. The Bertz CT molecular complexity index is 1000. The summed E-state index contributed by atoms with van der Waals surface area (Å²) < 4.78 is 1.91. The first-order valence-corrected chi connectivity index (χ1v) is 9.77. The number of aryl methyl sites for hydroxylation is 1. The Morgan fingerprint density at radius 2 is 2.04 bits per heavy atom. The third kappa shape index (κ3) is 3.23. The van der Waals surface area contributed by atoms with Gasteiger partial charge in [-0.1, -0.05) is 24.3 Å². The first-order valence-electron chi connectivity index (χ1n) is 8.07. The smallest absolute Gasteiger partial charge is 0.261 e. The minimum absolute atomic E-state index is 0.0169. The number of para-hydroxylation sites is 1. The fraction of sp³-hybridized carbons (Fsp3) is 0.158.